The first kappa shape index (κ1) is 19.5. The van der Waals surface area contributed by atoms with Crippen LogP contribution in [0.15, 0.2) is 53.9 Å². The van der Waals surface area contributed by atoms with Crippen molar-refractivity contribution >= 4 is 17.2 Å². The van der Waals surface area contributed by atoms with E-state index in [0.29, 0.717) is 32.7 Å². The fourth-order valence-electron chi connectivity index (χ4n) is 3.39. The highest BCUT2D eigenvalue weighted by Gasteiger charge is 2.20. The highest BCUT2D eigenvalue weighted by Crippen LogP contribution is 2.34. The van der Waals surface area contributed by atoms with E-state index in [2.05, 4.69) is 17.1 Å². The van der Waals surface area contributed by atoms with E-state index in [0.717, 1.165) is 34.2 Å². The summed E-state index contributed by atoms with van der Waals surface area (Å²) >= 11 is 1.61. The topological polar surface area (TPSA) is 51.7 Å². The van der Waals surface area contributed by atoms with E-state index in [1.807, 2.05) is 53.6 Å². The minimum Gasteiger partial charge on any atom is -0.486 e. The maximum absolute atomic E-state index is 12.9. The van der Waals surface area contributed by atoms with Gasteiger partial charge in [0.2, 0.25) is 5.91 Å². The molecule has 0 saturated carbocycles. The van der Waals surface area contributed by atoms with Gasteiger partial charge in [-0.1, -0.05) is 42.5 Å². The van der Waals surface area contributed by atoms with Gasteiger partial charge in [0.05, 0.1) is 17.1 Å². The zero-order chi connectivity index (χ0) is 20.1. The largest absolute Gasteiger partial charge is 0.486 e. The molecule has 0 unspecified atom stereocenters. The van der Waals surface area contributed by atoms with Gasteiger partial charge in [0.1, 0.15) is 13.2 Å². The summed E-state index contributed by atoms with van der Waals surface area (Å²) < 4.78 is 11.4. The van der Waals surface area contributed by atoms with Gasteiger partial charge in [-0.15, -0.1) is 11.3 Å². The fourth-order valence-corrected chi connectivity index (χ4v) is 4.22. The van der Waals surface area contributed by atoms with Crippen molar-refractivity contribution in [2.24, 2.45) is 0 Å². The second kappa shape index (κ2) is 9.09. The average Bonchev–Trinajstić information content (AvgIpc) is 3.19. The van der Waals surface area contributed by atoms with Crippen LogP contribution in [0.25, 0.3) is 0 Å². The first-order valence-electron chi connectivity index (χ1n) is 9.85. The number of carbonyl (C=O) groups excluding carboxylic acids is 1. The molecule has 0 spiro atoms. The number of rotatable bonds is 7. The summed E-state index contributed by atoms with van der Waals surface area (Å²) in [6.45, 7) is 4.22. The van der Waals surface area contributed by atoms with Crippen molar-refractivity contribution in [2.75, 3.05) is 19.8 Å². The Labute approximate surface area is 174 Å². The molecule has 0 fully saturated rings. The SMILES string of the molecule is CCN(Cc1cccc2c1OCCO2)C(=O)Cc1csc(Cc2ccccc2)n1. The number of hydrogen-bond donors (Lipinski definition) is 0. The van der Waals surface area contributed by atoms with Crippen LogP contribution in [-0.4, -0.2) is 35.5 Å². The maximum atomic E-state index is 12.9. The average molecular weight is 409 g/mol. The minimum atomic E-state index is 0.0680. The van der Waals surface area contributed by atoms with Gasteiger partial charge in [0.15, 0.2) is 11.5 Å². The lowest BCUT2D eigenvalue weighted by atomic mass is 10.1. The van der Waals surface area contributed by atoms with Crippen molar-refractivity contribution in [3.8, 4) is 11.5 Å². The van der Waals surface area contributed by atoms with Crippen LogP contribution in [0.1, 0.15) is 28.8 Å². The van der Waals surface area contributed by atoms with E-state index < -0.39 is 0 Å². The van der Waals surface area contributed by atoms with E-state index in [-0.39, 0.29) is 5.91 Å². The molecule has 0 bridgehead atoms. The Balaban J connectivity index is 1.41. The van der Waals surface area contributed by atoms with Gasteiger partial charge in [-0.05, 0) is 18.6 Å². The smallest absolute Gasteiger partial charge is 0.228 e. The van der Waals surface area contributed by atoms with E-state index in [1.54, 1.807) is 11.3 Å². The second-order valence-electron chi connectivity index (χ2n) is 6.92. The number of benzene rings is 2. The summed E-state index contributed by atoms with van der Waals surface area (Å²) in [4.78, 5) is 19.4. The number of aromatic nitrogens is 1. The van der Waals surface area contributed by atoms with Gasteiger partial charge in [0, 0.05) is 30.5 Å². The Kier molecular flexibility index (Phi) is 6.10. The Morgan fingerprint density at radius 1 is 1.10 bits per heavy atom. The molecule has 1 aliphatic heterocycles. The van der Waals surface area contributed by atoms with Gasteiger partial charge in [-0.25, -0.2) is 4.98 Å². The van der Waals surface area contributed by atoms with Crippen LogP contribution in [0.4, 0.5) is 0 Å². The number of carbonyl (C=O) groups is 1. The molecule has 150 valence electrons. The van der Waals surface area contributed by atoms with Crippen LogP contribution < -0.4 is 9.47 Å². The Morgan fingerprint density at radius 3 is 2.76 bits per heavy atom. The third-order valence-corrected chi connectivity index (χ3v) is 5.77. The molecule has 2 aromatic carbocycles. The zero-order valence-corrected chi connectivity index (χ0v) is 17.3. The lowest BCUT2D eigenvalue weighted by Gasteiger charge is -2.25. The van der Waals surface area contributed by atoms with Crippen molar-refractivity contribution in [1.29, 1.82) is 0 Å². The Morgan fingerprint density at radius 2 is 1.93 bits per heavy atom. The van der Waals surface area contributed by atoms with E-state index in [1.165, 1.54) is 5.56 Å². The van der Waals surface area contributed by atoms with Crippen molar-refractivity contribution in [3.05, 3.63) is 75.7 Å². The summed E-state index contributed by atoms with van der Waals surface area (Å²) in [7, 11) is 0. The molecule has 1 amide bonds. The molecule has 0 N–H and O–H groups in total. The lowest BCUT2D eigenvalue weighted by molar-refractivity contribution is -0.130. The monoisotopic (exact) mass is 408 g/mol. The number of likely N-dealkylation sites (N-methyl/N-ethyl adjacent to an activating group) is 1. The lowest BCUT2D eigenvalue weighted by Crippen LogP contribution is -2.32. The highest BCUT2D eigenvalue weighted by atomic mass is 32.1. The van der Waals surface area contributed by atoms with Crippen LogP contribution in [0, 0.1) is 0 Å². The minimum absolute atomic E-state index is 0.0680. The summed E-state index contributed by atoms with van der Waals surface area (Å²) in [6, 6.07) is 16.1. The van der Waals surface area contributed by atoms with Gasteiger partial charge in [0.25, 0.3) is 0 Å². The van der Waals surface area contributed by atoms with Crippen LogP contribution in [0.2, 0.25) is 0 Å². The fraction of sp³-hybridized carbons (Fsp3) is 0.304. The molecule has 0 saturated heterocycles. The van der Waals surface area contributed by atoms with Gasteiger partial charge in [-0.2, -0.15) is 0 Å². The zero-order valence-electron chi connectivity index (χ0n) is 16.5. The summed E-state index contributed by atoms with van der Waals surface area (Å²) in [5.41, 5.74) is 3.03. The molecule has 1 aromatic heterocycles. The second-order valence-corrected chi connectivity index (χ2v) is 7.86. The van der Waals surface area contributed by atoms with Gasteiger partial charge < -0.3 is 14.4 Å². The van der Waals surface area contributed by atoms with Gasteiger partial charge in [-0.3, -0.25) is 4.79 Å². The summed E-state index contributed by atoms with van der Waals surface area (Å²) in [5.74, 6) is 1.57. The molecule has 4 rings (SSSR count). The predicted octanol–water partition coefficient (Wildman–Crippen LogP) is 4.10. The Bertz CT molecular complexity index is 971. The Hall–Kier alpha value is -2.86. The van der Waals surface area contributed by atoms with Crippen LogP contribution in [-0.2, 0) is 24.2 Å². The van der Waals surface area contributed by atoms with Crippen molar-refractivity contribution in [2.45, 2.75) is 26.3 Å². The van der Waals surface area contributed by atoms with Crippen LogP contribution >= 0.6 is 11.3 Å². The molecule has 0 atom stereocenters. The highest BCUT2D eigenvalue weighted by molar-refractivity contribution is 7.09. The first-order valence-corrected chi connectivity index (χ1v) is 10.7. The molecule has 29 heavy (non-hydrogen) atoms. The van der Waals surface area contributed by atoms with Crippen molar-refractivity contribution in [3.63, 3.8) is 0 Å². The first-order chi connectivity index (χ1) is 14.2. The molecule has 6 heteroatoms. The summed E-state index contributed by atoms with van der Waals surface area (Å²) in [5, 5.41) is 3.02. The van der Waals surface area contributed by atoms with Crippen LogP contribution in [0.5, 0.6) is 11.5 Å². The number of hydrogen-bond acceptors (Lipinski definition) is 5. The molecule has 0 radical (unpaired) electrons. The number of amides is 1. The van der Waals surface area contributed by atoms with E-state index >= 15 is 0 Å². The van der Waals surface area contributed by atoms with Crippen molar-refractivity contribution < 1.29 is 14.3 Å². The molecule has 0 aliphatic carbocycles. The van der Waals surface area contributed by atoms with E-state index in [9.17, 15) is 4.79 Å². The van der Waals surface area contributed by atoms with Crippen molar-refractivity contribution in [1.82, 2.24) is 9.88 Å². The third-order valence-electron chi connectivity index (χ3n) is 4.87. The molecular weight excluding hydrogens is 384 g/mol. The molecule has 3 aromatic rings. The number of nitrogens with zero attached hydrogens (tertiary/aromatic N) is 2. The molecule has 1 aliphatic rings. The van der Waals surface area contributed by atoms with Crippen LogP contribution in [0.3, 0.4) is 0 Å². The molecular formula is C23H24N2O3S. The van der Waals surface area contributed by atoms with Gasteiger partial charge >= 0.3 is 0 Å². The number of thiazole rings is 1. The molecule has 5 nitrogen and oxygen atoms in total. The predicted molar refractivity (Wildman–Crippen MR) is 114 cm³/mol. The normalized spacial score (nSPS) is 12.6. The third kappa shape index (κ3) is 4.77. The number of fused-ring (bicyclic) bond motifs is 1. The number of ether oxygens (including phenoxy) is 2. The number of para-hydroxylation sites is 1. The molecule has 2 heterocycles. The van der Waals surface area contributed by atoms with E-state index in [4.69, 9.17) is 9.47 Å². The maximum Gasteiger partial charge on any atom is 0.228 e. The quantitative estimate of drug-likeness (QED) is 0.591. The standard InChI is InChI=1S/C23H24N2O3S/c1-2-25(15-18-9-6-10-20-23(18)28-12-11-27-20)22(26)14-19-16-29-21(24-19)13-17-7-4-3-5-8-17/h3-10,16H,2,11-15H2,1H3. The summed E-state index contributed by atoms with van der Waals surface area (Å²) in [6.07, 6.45) is 1.11.